The van der Waals surface area contributed by atoms with E-state index in [1.807, 2.05) is 55.5 Å². The number of aliphatic hydroxyl groups excluding tert-OH is 1. The van der Waals surface area contributed by atoms with Crippen molar-refractivity contribution in [2.75, 3.05) is 61.1 Å². The number of carbonyl (C=O) groups is 3. The average molecular weight is 1130 g/mol. The number of halogens is 5. The first-order valence-electron chi connectivity index (χ1n) is 24.2. The number of amides is 1. The molecule has 21 nitrogen and oxygen atoms in total. The van der Waals surface area contributed by atoms with Gasteiger partial charge in [-0.2, -0.15) is 9.67 Å². The Bertz CT molecular complexity index is 2980. The van der Waals surface area contributed by atoms with Crippen molar-refractivity contribution in [3.63, 3.8) is 0 Å². The van der Waals surface area contributed by atoms with Gasteiger partial charge < -0.3 is 57.1 Å². The van der Waals surface area contributed by atoms with E-state index in [9.17, 15) is 28.7 Å². The smallest absolute Gasteiger partial charge is 0.418 e. The summed E-state index contributed by atoms with van der Waals surface area (Å²) in [7, 11) is 1.42. The van der Waals surface area contributed by atoms with Crippen LogP contribution in [0.3, 0.4) is 0 Å². The van der Waals surface area contributed by atoms with Crippen LogP contribution in [0.15, 0.2) is 109 Å². The van der Waals surface area contributed by atoms with Gasteiger partial charge in [0.1, 0.15) is 54.3 Å². The number of aromatic nitrogens is 7. The van der Waals surface area contributed by atoms with Gasteiger partial charge in [-0.25, -0.2) is 32.6 Å². The molecule has 3 aromatic carbocycles. The molecule has 2 unspecified atom stereocenters. The molecule has 2 aliphatic rings. The topological polar surface area (TPSA) is 239 Å². The van der Waals surface area contributed by atoms with Crippen LogP contribution >= 0.6 is 24.8 Å². The summed E-state index contributed by atoms with van der Waals surface area (Å²) in [6.45, 7) is 8.53. The third-order valence-electron chi connectivity index (χ3n) is 13.3. The van der Waals surface area contributed by atoms with Crippen molar-refractivity contribution in [2.24, 2.45) is 11.7 Å². The minimum Gasteiger partial charge on any atom is -1.00 e. The van der Waals surface area contributed by atoms with E-state index < -0.39 is 66.1 Å². The molecule has 8 rings (SSSR count). The maximum atomic E-state index is 15.6. The number of hydrogen-bond donors (Lipinski definition) is 3. The zero-order valence-corrected chi connectivity index (χ0v) is 45.0. The van der Waals surface area contributed by atoms with Gasteiger partial charge in [0.2, 0.25) is 12.6 Å². The van der Waals surface area contributed by atoms with E-state index in [0.29, 0.717) is 29.8 Å². The normalized spacial score (nSPS) is 17.6. The van der Waals surface area contributed by atoms with E-state index in [4.69, 9.17) is 29.8 Å². The van der Waals surface area contributed by atoms with Crippen LogP contribution in [0.2, 0.25) is 0 Å². The van der Waals surface area contributed by atoms with Gasteiger partial charge in [-0.05, 0) is 80.4 Å². The van der Waals surface area contributed by atoms with Crippen LogP contribution in [0.1, 0.15) is 63.4 Å². The Morgan fingerprint density at radius 3 is 2.23 bits per heavy atom. The van der Waals surface area contributed by atoms with Gasteiger partial charge in [0.15, 0.2) is 0 Å². The van der Waals surface area contributed by atoms with Crippen molar-refractivity contribution < 1.29 is 69.3 Å². The third kappa shape index (κ3) is 14.4. The molecule has 1 amide bonds. The summed E-state index contributed by atoms with van der Waals surface area (Å²) in [4.78, 5) is 59.6. The molecule has 6 atom stereocenters. The lowest BCUT2D eigenvalue weighted by Crippen LogP contribution is -3.00. The molecular weight excluding hydrogens is 1070 g/mol. The SMILES string of the molecule is CCC([C@H](C)O)n1ncn(-c2ccc(N3CCN(c4ccc(OC[C@@H]5CO[C@@](Cn6c[n+](C(C)OC(=O)N(C)c7ncccc7COC(=O)C[C@H](N)C(=O)O)cn6)(c6ccc(F)cc6F)C5)cc4)CC3)cc2)c1=O.Cl.Cl.[Cl-]. The van der Waals surface area contributed by atoms with E-state index in [1.54, 1.807) is 32.3 Å². The maximum absolute atomic E-state index is 15.6. The molecule has 2 saturated heterocycles. The quantitative estimate of drug-likeness (QED) is 0.0735. The first-order chi connectivity index (χ1) is 35.5. The molecule has 0 radical (unpaired) electrons. The molecule has 3 aromatic heterocycles. The van der Waals surface area contributed by atoms with Crippen LogP contribution in [0, 0.1) is 17.6 Å². The number of nitrogens with two attached hydrogens (primary N) is 1. The number of ether oxygens (including phenoxy) is 4. The highest BCUT2D eigenvalue weighted by molar-refractivity contribution is 5.87. The largest absolute Gasteiger partial charge is 1.00 e. The van der Waals surface area contributed by atoms with Crippen molar-refractivity contribution in [3.05, 3.63) is 137 Å². The first-order valence-corrected chi connectivity index (χ1v) is 24.2. The predicted octanol–water partition coefficient (Wildman–Crippen LogP) is 2.35. The van der Waals surface area contributed by atoms with Crippen LogP contribution in [-0.4, -0.2) is 116 Å². The highest BCUT2D eigenvalue weighted by atomic mass is 35.5. The number of esters is 1. The number of carbonyl (C=O) groups excluding carboxylic acids is 2. The number of hydrogen-bond acceptors (Lipinski definition) is 15. The number of carboxylic acids is 1. The van der Waals surface area contributed by atoms with Gasteiger partial charge in [0, 0.05) is 85.9 Å². The first kappa shape index (κ1) is 61.0. The van der Waals surface area contributed by atoms with Gasteiger partial charge in [-0.1, -0.05) is 19.1 Å². The molecule has 416 valence electrons. The van der Waals surface area contributed by atoms with Crippen molar-refractivity contribution in [3.8, 4) is 11.4 Å². The number of rotatable bonds is 20. The van der Waals surface area contributed by atoms with Crippen molar-refractivity contribution in [1.82, 2.24) is 29.1 Å². The molecule has 0 aliphatic carbocycles. The van der Waals surface area contributed by atoms with Gasteiger partial charge in [0.25, 0.3) is 6.33 Å². The molecular formula is C51H62Cl3F2N11O10. The molecule has 77 heavy (non-hydrogen) atoms. The Hall–Kier alpha value is -6.89. The van der Waals surface area contributed by atoms with Gasteiger partial charge in [-0.3, -0.25) is 14.5 Å². The van der Waals surface area contributed by atoms with Crippen molar-refractivity contribution in [1.29, 1.82) is 0 Å². The number of nitrogens with zero attached hydrogens (tertiary/aromatic N) is 10. The fraction of sp³-hybridized carbons (Fsp3) is 0.412. The van der Waals surface area contributed by atoms with E-state index >= 15 is 4.39 Å². The summed E-state index contributed by atoms with van der Waals surface area (Å²) < 4.78 is 59.3. The number of anilines is 3. The second-order valence-corrected chi connectivity index (χ2v) is 18.5. The van der Waals surface area contributed by atoms with Crippen LogP contribution in [0.25, 0.3) is 5.69 Å². The van der Waals surface area contributed by atoms with E-state index in [-0.39, 0.29) is 86.6 Å². The minimum atomic E-state index is -1.43. The predicted molar refractivity (Wildman–Crippen MR) is 278 cm³/mol. The van der Waals surface area contributed by atoms with Crippen molar-refractivity contribution >= 4 is 60.0 Å². The zero-order valence-electron chi connectivity index (χ0n) is 42.6. The summed E-state index contributed by atoms with van der Waals surface area (Å²) in [5.74, 6) is -3.07. The molecule has 0 saturated carbocycles. The van der Waals surface area contributed by atoms with E-state index in [2.05, 4.69) is 25.0 Å². The Morgan fingerprint density at radius 1 is 0.961 bits per heavy atom. The number of pyridine rings is 1. The van der Waals surface area contributed by atoms with Crippen LogP contribution in [0.5, 0.6) is 5.75 Å². The van der Waals surface area contributed by atoms with Gasteiger partial charge in [-0.15, -0.1) is 29.5 Å². The maximum Gasteiger partial charge on any atom is 0.418 e. The van der Waals surface area contributed by atoms with Crippen LogP contribution in [0.4, 0.5) is 30.8 Å². The summed E-state index contributed by atoms with van der Waals surface area (Å²) in [5, 5.41) is 27.8. The Labute approximate surface area is 461 Å². The van der Waals surface area contributed by atoms with E-state index in [1.165, 1.54) is 56.5 Å². The lowest BCUT2D eigenvalue weighted by Gasteiger charge is -2.37. The zero-order chi connectivity index (χ0) is 52.7. The molecule has 2 aliphatic heterocycles. The molecule has 6 aromatic rings. The molecule has 0 bridgehead atoms. The molecule has 5 heterocycles. The summed E-state index contributed by atoms with van der Waals surface area (Å²) in [6.07, 6.45) is 3.87. The number of carboxylic acid groups (broad SMARTS) is 1. The number of aliphatic carboxylic acids is 1. The average Bonchev–Trinajstić information content (AvgIpc) is 4.14. The summed E-state index contributed by atoms with van der Waals surface area (Å²) >= 11 is 0. The second kappa shape index (κ2) is 26.9. The number of aliphatic hydroxyl groups is 1. The van der Waals surface area contributed by atoms with Gasteiger partial charge in [0.05, 0.1) is 37.5 Å². The fourth-order valence-electron chi connectivity index (χ4n) is 9.24. The number of benzene rings is 3. The van der Waals surface area contributed by atoms with Crippen LogP contribution in [-0.2, 0) is 42.6 Å². The number of piperazine rings is 1. The summed E-state index contributed by atoms with van der Waals surface area (Å²) in [6, 6.07) is 20.4. The minimum absolute atomic E-state index is 0. The Balaban J connectivity index is 0.00000364. The summed E-state index contributed by atoms with van der Waals surface area (Å²) in [5.41, 5.74) is 7.17. The highest BCUT2D eigenvalue weighted by Crippen LogP contribution is 2.42. The lowest BCUT2D eigenvalue weighted by atomic mass is 9.87. The standard InChI is InChI=1S/C51H59F2N11O10.3ClH/c1-5-45(33(2)65)64-49(69)63(31-57-64)40-11-9-38(10-12-40)59-19-21-60(22-20-59)39-13-15-41(16-14-39)71-26-35-25-51(73-27-35,42-17-8-37(52)23-43(42)53)29-62-32-61(30-56-62)34(3)74-50(70)58(4)47-36(7-6-18-55-47)28-72-46(66)24-44(54)48(67)68;;;/h6-18,23,30-35,44-45,65H,5,19-22,24-29,54H2,1-4H3;3*1H/t33-,34?,35+,44-,45?,51-;;;/m0.../s1. The lowest BCUT2D eigenvalue weighted by molar-refractivity contribution is -0.753. The van der Waals surface area contributed by atoms with Gasteiger partial charge >= 0.3 is 23.7 Å². The molecule has 2 fully saturated rings. The molecule has 26 heteroatoms. The highest BCUT2D eigenvalue weighted by Gasteiger charge is 2.46. The molecule has 0 spiro atoms. The Morgan fingerprint density at radius 2 is 1.61 bits per heavy atom. The molecule has 4 N–H and O–H groups in total. The van der Waals surface area contributed by atoms with E-state index in [0.717, 1.165) is 48.5 Å². The fourth-order valence-corrected chi connectivity index (χ4v) is 9.24. The monoisotopic (exact) mass is 1130 g/mol. The third-order valence-corrected chi connectivity index (χ3v) is 13.3. The van der Waals surface area contributed by atoms with Crippen molar-refractivity contribution in [2.45, 2.75) is 83.2 Å². The van der Waals surface area contributed by atoms with Crippen LogP contribution < -0.4 is 47.8 Å². The Kier molecular flexibility index (Phi) is 21.3. The second-order valence-electron chi connectivity index (χ2n) is 18.5.